The van der Waals surface area contributed by atoms with Crippen molar-refractivity contribution in [3.8, 4) is 0 Å². The van der Waals surface area contributed by atoms with Crippen molar-refractivity contribution in [3.63, 3.8) is 0 Å². The van der Waals surface area contributed by atoms with Gasteiger partial charge in [0.1, 0.15) is 0 Å². The SMILES string of the molecule is CNCCC1CCN(C(=O)c2cc(SC)ccc2C)CC1.Cl. The lowest BCUT2D eigenvalue weighted by molar-refractivity contribution is 0.0686. The Bertz CT molecular complexity index is 488. The molecule has 124 valence electrons. The minimum atomic E-state index is 0. The maximum absolute atomic E-state index is 12.7. The van der Waals surface area contributed by atoms with E-state index in [2.05, 4.69) is 17.4 Å². The van der Waals surface area contributed by atoms with Gasteiger partial charge in [-0.15, -0.1) is 24.2 Å². The van der Waals surface area contributed by atoms with Gasteiger partial charge in [-0.2, -0.15) is 0 Å². The first-order valence-electron chi connectivity index (χ1n) is 7.74. The van der Waals surface area contributed by atoms with Gasteiger partial charge in [-0.05, 0) is 69.6 Å². The molecular formula is C17H27ClN2OS. The van der Waals surface area contributed by atoms with Gasteiger partial charge in [0.05, 0.1) is 0 Å². The van der Waals surface area contributed by atoms with Gasteiger partial charge in [-0.3, -0.25) is 4.79 Å². The molecule has 22 heavy (non-hydrogen) atoms. The van der Waals surface area contributed by atoms with Crippen LogP contribution in [0.15, 0.2) is 23.1 Å². The molecule has 0 spiro atoms. The summed E-state index contributed by atoms with van der Waals surface area (Å²) in [7, 11) is 2.00. The van der Waals surface area contributed by atoms with Crippen LogP contribution in [0.25, 0.3) is 0 Å². The Balaban J connectivity index is 0.00000242. The zero-order valence-electron chi connectivity index (χ0n) is 13.7. The number of benzene rings is 1. The van der Waals surface area contributed by atoms with Gasteiger partial charge < -0.3 is 10.2 Å². The number of hydrogen-bond acceptors (Lipinski definition) is 3. The van der Waals surface area contributed by atoms with Crippen LogP contribution in [0.5, 0.6) is 0 Å². The number of halogens is 1. The van der Waals surface area contributed by atoms with Gasteiger partial charge in [-0.1, -0.05) is 6.07 Å². The van der Waals surface area contributed by atoms with Crippen molar-refractivity contribution in [3.05, 3.63) is 29.3 Å². The predicted octanol–water partition coefficient (Wildman–Crippen LogP) is 3.60. The van der Waals surface area contributed by atoms with Crippen molar-refractivity contribution < 1.29 is 4.79 Å². The van der Waals surface area contributed by atoms with Crippen molar-refractivity contribution in [2.24, 2.45) is 5.92 Å². The number of hydrogen-bond donors (Lipinski definition) is 1. The molecule has 0 atom stereocenters. The topological polar surface area (TPSA) is 32.3 Å². The summed E-state index contributed by atoms with van der Waals surface area (Å²) < 4.78 is 0. The summed E-state index contributed by atoms with van der Waals surface area (Å²) in [6.45, 7) is 4.90. The third-order valence-electron chi connectivity index (χ3n) is 4.38. The first-order valence-corrected chi connectivity index (χ1v) is 8.96. The molecule has 0 saturated carbocycles. The molecule has 1 aromatic rings. The molecule has 1 heterocycles. The molecule has 3 nitrogen and oxygen atoms in total. The molecule has 1 fully saturated rings. The highest BCUT2D eigenvalue weighted by Gasteiger charge is 2.24. The fourth-order valence-corrected chi connectivity index (χ4v) is 3.34. The van der Waals surface area contributed by atoms with Crippen LogP contribution in [0.2, 0.25) is 0 Å². The number of thioether (sulfide) groups is 1. The van der Waals surface area contributed by atoms with E-state index in [-0.39, 0.29) is 18.3 Å². The molecule has 1 aliphatic heterocycles. The fourth-order valence-electron chi connectivity index (χ4n) is 2.90. The van der Waals surface area contributed by atoms with Crippen LogP contribution < -0.4 is 5.32 Å². The van der Waals surface area contributed by atoms with E-state index in [1.807, 2.05) is 31.2 Å². The zero-order chi connectivity index (χ0) is 15.2. The number of rotatable bonds is 5. The number of carbonyl (C=O) groups is 1. The van der Waals surface area contributed by atoms with Crippen LogP contribution in [0.1, 0.15) is 35.2 Å². The van der Waals surface area contributed by atoms with Crippen molar-refractivity contribution in [1.82, 2.24) is 10.2 Å². The average Bonchev–Trinajstić information content (AvgIpc) is 2.53. The Kier molecular flexibility index (Phi) is 8.29. The summed E-state index contributed by atoms with van der Waals surface area (Å²) in [5, 5.41) is 3.21. The summed E-state index contributed by atoms with van der Waals surface area (Å²) in [6.07, 6.45) is 5.54. The smallest absolute Gasteiger partial charge is 0.254 e. The summed E-state index contributed by atoms with van der Waals surface area (Å²) in [6, 6.07) is 6.18. The lowest BCUT2D eigenvalue weighted by atomic mass is 9.93. The first-order chi connectivity index (χ1) is 10.2. The van der Waals surface area contributed by atoms with Crippen molar-refractivity contribution in [1.29, 1.82) is 0 Å². The molecule has 5 heteroatoms. The molecule has 1 aromatic carbocycles. The number of carbonyl (C=O) groups excluding carboxylic acids is 1. The molecule has 2 rings (SSSR count). The Morgan fingerprint density at radius 3 is 2.64 bits per heavy atom. The lowest BCUT2D eigenvalue weighted by Gasteiger charge is -2.32. The number of aryl methyl sites for hydroxylation is 1. The largest absolute Gasteiger partial charge is 0.339 e. The van der Waals surface area contributed by atoms with Gasteiger partial charge in [0.2, 0.25) is 0 Å². The van der Waals surface area contributed by atoms with E-state index in [1.165, 1.54) is 6.42 Å². The van der Waals surface area contributed by atoms with Gasteiger partial charge in [0.15, 0.2) is 0 Å². The normalized spacial score (nSPS) is 15.5. The molecule has 0 bridgehead atoms. The van der Waals surface area contributed by atoms with E-state index in [0.717, 1.165) is 54.4 Å². The quantitative estimate of drug-likeness (QED) is 0.830. The maximum atomic E-state index is 12.7. The van der Waals surface area contributed by atoms with Crippen LogP contribution in [-0.4, -0.2) is 43.7 Å². The van der Waals surface area contributed by atoms with Crippen molar-refractivity contribution in [2.45, 2.75) is 31.1 Å². The summed E-state index contributed by atoms with van der Waals surface area (Å²) >= 11 is 1.69. The highest BCUT2D eigenvalue weighted by molar-refractivity contribution is 7.98. The second kappa shape index (κ2) is 9.43. The molecule has 0 aliphatic carbocycles. The first kappa shape index (κ1) is 19.3. The summed E-state index contributed by atoms with van der Waals surface area (Å²) in [4.78, 5) is 15.9. The number of piperidine rings is 1. The van der Waals surface area contributed by atoms with Crippen molar-refractivity contribution in [2.75, 3.05) is 32.9 Å². The Hall–Kier alpha value is -0.710. The van der Waals surface area contributed by atoms with Crippen LogP contribution in [-0.2, 0) is 0 Å². The fraction of sp³-hybridized carbons (Fsp3) is 0.588. The molecule has 0 aromatic heterocycles. The molecule has 1 aliphatic rings. The van der Waals surface area contributed by atoms with Gasteiger partial charge >= 0.3 is 0 Å². The summed E-state index contributed by atoms with van der Waals surface area (Å²) in [5.41, 5.74) is 1.95. The second-order valence-electron chi connectivity index (χ2n) is 5.81. The van der Waals surface area contributed by atoms with Crippen LogP contribution in [0.4, 0.5) is 0 Å². The van der Waals surface area contributed by atoms with Crippen LogP contribution in [0, 0.1) is 12.8 Å². The summed E-state index contributed by atoms with van der Waals surface area (Å²) in [5.74, 6) is 0.968. The molecular weight excluding hydrogens is 316 g/mol. The molecule has 0 radical (unpaired) electrons. The van der Waals surface area contributed by atoms with E-state index in [4.69, 9.17) is 0 Å². The lowest BCUT2D eigenvalue weighted by Crippen LogP contribution is -2.39. The standard InChI is InChI=1S/C17H26N2OS.ClH/c1-13-4-5-15(21-3)12-16(13)17(20)19-10-7-14(8-11-19)6-9-18-2;/h4-5,12,14,18H,6-11H2,1-3H3;1H. The number of amides is 1. The molecule has 1 saturated heterocycles. The van der Waals surface area contributed by atoms with Crippen LogP contribution >= 0.6 is 24.2 Å². The molecule has 0 unspecified atom stereocenters. The van der Waals surface area contributed by atoms with Crippen molar-refractivity contribution >= 4 is 30.1 Å². The third kappa shape index (κ3) is 4.90. The van der Waals surface area contributed by atoms with E-state index < -0.39 is 0 Å². The van der Waals surface area contributed by atoms with Gasteiger partial charge in [0.25, 0.3) is 5.91 Å². The third-order valence-corrected chi connectivity index (χ3v) is 5.10. The Labute approximate surface area is 144 Å². The number of nitrogens with zero attached hydrogens (tertiary/aromatic N) is 1. The van der Waals surface area contributed by atoms with E-state index in [9.17, 15) is 4.79 Å². The average molecular weight is 343 g/mol. The van der Waals surface area contributed by atoms with E-state index in [1.54, 1.807) is 11.8 Å². The predicted molar refractivity (Wildman–Crippen MR) is 97.4 cm³/mol. The number of likely N-dealkylation sites (tertiary alicyclic amines) is 1. The highest BCUT2D eigenvalue weighted by atomic mass is 35.5. The Morgan fingerprint density at radius 2 is 2.05 bits per heavy atom. The van der Waals surface area contributed by atoms with Crippen LogP contribution in [0.3, 0.4) is 0 Å². The monoisotopic (exact) mass is 342 g/mol. The van der Waals surface area contributed by atoms with E-state index >= 15 is 0 Å². The van der Waals surface area contributed by atoms with Gasteiger partial charge in [0, 0.05) is 23.5 Å². The van der Waals surface area contributed by atoms with Gasteiger partial charge in [-0.25, -0.2) is 0 Å². The van der Waals surface area contributed by atoms with E-state index in [0.29, 0.717) is 0 Å². The highest BCUT2D eigenvalue weighted by Crippen LogP contribution is 2.24. The minimum Gasteiger partial charge on any atom is -0.339 e. The second-order valence-corrected chi connectivity index (χ2v) is 6.69. The zero-order valence-corrected chi connectivity index (χ0v) is 15.4. The maximum Gasteiger partial charge on any atom is 0.254 e. The Morgan fingerprint density at radius 1 is 1.36 bits per heavy atom. The number of nitrogens with one attached hydrogen (secondary N) is 1. The molecule has 1 amide bonds. The molecule has 1 N–H and O–H groups in total. The minimum absolute atomic E-state index is 0.